The Bertz CT molecular complexity index is 635. The van der Waals surface area contributed by atoms with Crippen molar-refractivity contribution in [2.45, 2.75) is 26.4 Å². The largest absolute Gasteiger partial charge is 0.489 e. The van der Waals surface area contributed by atoms with Crippen molar-refractivity contribution in [1.82, 2.24) is 15.4 Å². The van der Waals surface area contributed by atoms with E-state index in [-0.39, 0.29) is 17.7 Å². The average molecular weight is 374 g/mol. The standard InChI is InChI=1S/C16H27FN4O3S/c1-4-25(22,23)21-11-5-10-19-16(18-3)20-12-13(2)24-15-8-6-14(17)7-9-15/h6-9,13,21H,4-5,10-12H2,1-3H3,(H2,18,19,20). The van der Waals surface area contributed by atoms with Crippen LogP contribution in [0.15, 0.2) is 29.3 Å². The van der Waals surface area contributed by atoms with E-state index in [1.54, 1.807) is 26.1 Å². The number of aliphatic imine (C=N–C) groups is 1. The van der Waals surface area contributed by atoms with Crippen LogP contribution in [0.1, 0.15) is 20.3 Å². The highest BCUT2D eigenvalue weighted by Gasteiger charge is 2.07. The van der Waals surface area contributed by atoms with Crippen LogP contribution in [0.25, 0.3) is 0 Å². The molecule has 0 heterocycles. The molecule has 1 rings (SSSR count). The highest BCUT2D eigenvalue weighted by Crippen LogP contribution is 2.12. The van der Waals surface area contributed by atoms with Crippen molar-refractivity contribution in [2.24, 2.45) is 4.99 Å². The van der Waals surface area contributed by atoms with Crippen LogP contribution in [-0.4, -0.2) is 52.9 Å². The molecule has 1 aromatic rings. The molecule has 0 radical (unpaired) electrons. The van der Waals surface area contributed by atoms with E-state index in [2.05, 4.69) is 20.3 Å². The maximum absolute atomic E-state index is 12.9. The van der Waals surface area contributed by atoms with Gasteiger partial charge in [0.15, 0.2) is 5.96 Å². The molecule has 1 atom stereocenters. The molecule has 0 fully saturated rings. The van der Waals surface area contributed by atoms with Gasteiger partial charge in [0, 0.05) is 20.1 Å². The van der Waals surface area contributed by atoms with E-state index in [1.165, 1.54) is 12.1 Å². The lowest BCUT2D eigenvalue weighted by Crippen LogP contribution is -2.42. The van der Waals surface area contributed by atoms with Crippen molar-refractivity contribution in [1.29, 1.82) is 0 Å². The summed E-state index contributed by atoms with van der Waals surface area (Å²) in [6.45, 7) is 4.97. The van der Waals surface area contributed by atoms with E-state index < -0.39 is 10.0 Å². The Morgan fingerprint density at radius 2 is 1.92 bits per heavy atom. The SMILES string of the molecule is CCS(=O)(=O)NCCCNC(=NC)NCC(C)Oc1ccc(F)cc1. The van der Waals surface area contributed by atoms with Crippen molar-refractivity contribution >= 4 is 16.0 Å². The molecule has 25 heavy (non-hydrogen) atoms. The second-order valence-corrected chi connectivity index (χ2v) is 7.51. The predicted molar refractivity (Wildman–Crippen MR) is 97.9 cm³/mol. The summed E-state index contributed by atoms with van der Waals surface area (Å²) in [6.07, 6.45) is 0.502. The number of ether oxygens (including phenoxy) is 1. The summed E-state index contributed by atoms with van der Waals surface area (Å²) in [5.41, 5.74) is 0. The summed E-state index contributed by atoms with van der Waals surface area (Å²) in [7, 11) is -1.49. The van der Waals surface area contributed by atoms with Crippen molar-refractivity contribution in [2.75, 3.05) is 32.4 Å². The minimum Gasteiger partial charge on any atom is -0.489 e. The van der Waals surface area contributed by atoms with Crippen molar-refractivity contribution in [3.63, 3.8) is 0 Å². The van der Waals surface area contributed by atoms with E-state index >= 15 is 0 Å². The Kier molecular flexibility index (Phi) is 9.22. The lowest BCUT2D eigenvalue weighted by Gasteiger charge is -2.17. The number of hydrogen-bond donors (Lipinski definition) is 3. The molecule has 3 N–H and O–H groups in total. The predicted octanol–water partition coefficient (Wildman–Crippen LogP) is 1.09. The Morgan fingerprint density at radius 1 is 1.24 bits per heavy atom. The third kappa shape index (κ3) is 9.25. The molecular formula is C16H27FN4O3S. The van der Waals surface area contributed by atoms with Crippen molar-refractivity contribution < 1.29 is 17.5 Å². The van der Waals surface area contributed by atoms with Crippen LogP contribution < -0.4 is 20.1 Å². The topological polar surface area (TPSA) is 91.8 Å². The normalized spacial score (nSPS) is 13.4. The first-order valence-electron chi connectivity index (χ1n) is 8.20. The van der Waals surface area contributed by atoms with Crippen molar-refractivity contribution in [3.8, 4) is 5.75 Å². The molecular weight excluding hydrogens is 347 g/mol. The lowest BCUT2D eigenvalue weighted by molar-refractivity contribution is 0.223. The van der Waals surface area contributed by atoms with Crippen LogP contribution in [-0.2, 0) is 10.0 Å². The molecule has 0 aromatic heterocycles. The molecule has 0 saturated heterocycles. The summed E-state index contributed by atoms with van der Waals surface area (Å²) in [6, 6.07) is 5.86. The van der Waals surface area contributed by atoms with Gasteiger partial charge in [-0.15, -0.1) is 0 Å². The van der Waals surface area contributed by atoms with Crippen LogP contribution in [0.4, 0.5) is 4.39 Å². The quantitative estimate of drug-likeness (QED) is 0.324. The fourth-order valence-corrected chi connectivity index (χ4v) is 2.53. The molecule has 1 unspecified atom stereocenters. The Morgan fingerprint density at radius 3 is 2.52 bits per heavy atom. The Labute approximate surface area is 149 Å². The summed E-state index contributed by atoms with van der Waals surface area (Å²) in [4.78, 5) is 4.09. The molecule has 0 bridgehead atoms. The molecule has 0 aliphatic heterocycles. The fourth-order valence-electron chi connectivity index (χ4n) is 1.87. The van der Waals surface area contributed by atoms with Gasteiger partial charge in [-0.05, 0) is 44.5 Å². The van der Waals surface area contributed by atoms with Crippen LogP contribution in [0.5, 0.6) is 5.75 Å². The highest BCUT2D eigenvalue weighted by atomic mass is 32.2. The second kappa shape index (κ2) is 10.9. The van der Waals surface area contributed by atoms with Gasteiger partial charge >= 0.3 is 0 Å². The van der Waals surface area contributed by atoms with Gasteiger partial charge in [-0.25, -0.2) is 17.5 Å². The molecule has 142 valence electrons. The van der Waals surface area contributed by atoms with Gasteiger partial charge < -0.3 is 15.4 Å². The van der Waals surface area contributed by atoms with Gasteiger partial charge in [0.05, 0.1) is 12.3 Å². The van der Waals surface area contributed by atoms with E-state index in [0.29, 0.717) is 37.8 Å². The Hall–Kier alpha value is -1.87. The highest BCUT2D eigenvalue weighted by molar-refractivity contribution is 7.89. The van der Waals surface area contributed by atoms with Crippen LogP contribution in [0.3, 0.4) is 0 Å². The molecule has 0 spiro atoms. The van der Waals surface area contributed by atoms with E-state index in [4.69, 9.17) is 4.74 Å². The number of nitrogens with one attached hydrogen (secondary N) is 3. The maximum Gasteiger partial charge on any atom is 0.211 e. The fraction of sp³-hybridized carbons (Fsp3) is 0.562. The number of rotatable bonds is 10. The van der Waals surface area contributed by atoms with E-state index in [9.17, 15) is 12.8 Å². The van der Waals surface area contributed by atoms with Gasteiger partial charge in [-0.2, -0.15) is 0 Å². The van der Waals surface area contributed by atoms with Gasteiger partial charge in [0.25, 0.3) is 0 Å². The number of sulfonamides is 1. The van der Waals surface area contributed by atoms with E-state index in [0.717, 1.165) is 0 Å². The zero-order valence-electron chi connectivity index (χ0n) is 14.9. The number of halogens is 1. The number of guanidine groups is 1. The third-order valence-electron chi connectivity index (χ3n) is 3.28. The molecule has 0 saturated carbocycles. The van der Waals surface area contributed by atoms with Crippen molar-refractivity contribution in [3.05, 3.63) is 30.1 Å². The van der Waals surface area contributed by atoms with Gasteiger partial charge in [-0.1, -0.05) is 0 Å². The zero-order valence-corrected chi connectivity index (χ0v) is 15.7. The first kappa shape index (κ1) is 21.2. The first-order chi connectivity index (χ1) is 11.9. The van der Waals surface area contributed by atoms with Gasteiger partial charge in [0.1, 0.15) is 17.7 Å². The first-order valence-corrected chi connectivity index (χ1v) is 9.85. The molecule has 1 aromatic carbocycles. The molecule has 0 amide bonds. The van der Waals surface area contributed by atoms with Crippen LogP contribution in [0.2, 0.25) is 0 Å². The molecule has 9 heteroatoms. The Balaban J connectivity index is 2.24. The second-order valence-electron chi connectivity index (χ2n) is 5.41. The molecule has 0 aliphatic carbocycles. The maximum atomic E-state index is 12.9. The number of benzene rings is 1. The van der Waals surface area contributed by atoms with Crippen LogP contribution >= 0.6 is 0 Å². The van der Waals surface area contributed by atoms with Crippen LogP contribution in [0, 0.1) is 5.82 Å². The van der Waals surface area contributed by atoms with E-state index in [1.807, 2.05) is 6.92 Å². The number of nitrogens with zero attached hydrogens (tertiary/aromatic N) is 1. The van der Waals surface area contributed by atoms with Gasteiger partial charge in [0.2, 0.25) is 10.0 Å². The third-order valence-corrected chi connectivity index (χ3v) is 4.68. The smallest absolute Gasteiger partial charge is 0.211 e. The summed E-state index contributed by atoms with van der Waals surface area (Å²) in [5, 5.41) is 6.22. The minimum atomic E-state index is -3.14. The minimum absolute atomic E-state index is 0.0790. The zero-order chi connectivity index (χ0) is 18.7. The van der Waals surface area contributed by atoms with Gasteiger partial charge in [-0.3, -0.25) is 4.99 Å². The lowest BCUT2D eigenvalue weighted by atomic mass is 10.3. The molecule has 7 nitrogen and oxygen atoms in total. The number of hydrogen-bond acceptors (Lipinski definition) is 4. The summed E-state index contributed by atoms with van der Waals surface area (Å²) in [5.74, 6) is 0.981. The average Bonchev–Trinajstić information content (AvgIpc) is 2.59. The summed E-state index contributed by atoms with van der Waals surface area (Å²) >= 11 is 0. The summed E-state index contributed by atoms with van der Waals surface area (Å²) < 4.78 is 43.6. The monoisotopic (exact) mass is 374 g/mol. The molecule has 0 aliphatic rings.